The van der Waals surface area contributed by atoms with Crippen LogP contribution in [-0.4, -0.2) is 69.5 Å². The normalized spacial score (nSPS) is 17.1. The van der Waals surface area contributed by atoms with Crippen LogP contribution < -0.4 is 4.90 Å². The second kappa shape index (κ2) is 11.2. The number of fused-ring (bicyclic) bond motifs is 1. The van der Waals surface area contributed by atoms with Crippen LogP contribution in [0.25, 0.3) is 16.8 Å². The molecule has 1 fully saturated rings. The summed E-state index contributed by atoms with van der Waals surface area (Å²) >= 11 is 0. The van der Waals surface area contributed by atoms with E-state index in [4.69, 9.17) is 4.74 Å². The van der Waals surface area contributed by atoms with E-state index in [2.05, 4.69) is 16.2 Å². The lowest BCUT2D eigenvalue weighted by Gasteiger charge is -2.35. The molecule has 1 saturated heterocycles. The maximum atomic E-state index is 13.8. The number of anilines is 1. The highest BCUT2D eigenvalue weighted by Gasteiger charge is 2.46. The molecule has 2 aromatic heterocycles. The van der Waals surface area contributed by atoms with Gasteiger partial charge in [0.2, 0.25) is 10.0 Å². The molecule has 3 heterocycles. The van der Waals surface area contributed by atoms with Crippen molar-refractivity contribution in [1.29, 1.82) is 5.26 Å². The Kier molecular flexibility index (Phi) is 7.88. The highest BCUT2D eigenvalue weighted by Crippen LogP contribution is 2.42. The minimum atomic E-state index is -4.28. The fraction of sp³-hybridized carbons (Fsp3) is 0.355. The van der Waals surface area contributed by atoms with Crippen molar-refractivity contribution in [2.75, 3.05) is 25.0 Å². The summed E-state index contributed by atoms with van der Waals surface area (Å²) in [6.07, 6.45) is 0.367. The van der Waals surface area contributed by atoms with Crippen molar-refractivity contribution in [3.63, 3.8) is 0 Å². The molecule has 0 unspecified atom stereocenters. The van der Waals surface area contributed by atoms with Crippen LogP contribution in [0.15, 0.2) is 59.5 Å². The molecule has 0 amide bonds. The number of benzene rings is 2. The fourth-order valence-electron chi connectivity index (χ4n) is 5.62. The summed E-state index contributed by atoms with van der Waals surface area (Å²) in [5.74, 6) is -0.443. The molecule has 1 aliphatic heterocycles. The van der Waals surface area contributed by atoms with Crippen molar-refractivity contribution in [3.8, 4) is 17.2 Å². The van der Waals surface area contributed by atoms with E-state index in [0.717, 1.165) is 5.56 Å². The third-order valence-corrected chi connectivity index (χ3v) is 10.0. The lowest BCUT2D eigenvalue weighted by molar-refractivity contribution is -0.387. The Morgan fingerprint density at radius 1 is 1.16 bits per heavy atom. The number of pyridine rings is 1. The van der Waals surface area contributed by atoms with E-state index in [9.17, 15) is 28.6 Å². The van der Waals surface area contributed by atoms with Gasteiger partial charge in [-0.1, -0.05) is 42.5 Å². The maximum absolute atomic E-state index is 13.8. The van der Waals surface area contributed by atoms with E-state index in [0.29, 0.717) is 29.9 Å². The summed E-state index contributed by atoms with van der Waals surface area (Å²) in [6.45, 7) is 9.30. The van der Waals surface area contributed by atoms with Crippen LogP contribution in [0.1, 0.15) is 55.9 Å². The number of hydrogen-bond acceptors (Lipinski definition) is 10. The second-order valence-electron chi connectivity index (χ2n) is 12.2. The molecular weight excluding hydrogens is 598 g/mol. The molecule has 1 atom stereocenters. The first-order chi connectivity index (χ1) is 21.1. The SMILES string of the molecule is Cc1c(-c2ccccc2)c(N2CC[C@](C)(N(C)S(=O)(=O)c3ccccc3[N+](=O)[O-])C2)n2nc(C(=O)OC(C)(C)C)nc2c1C#N. The Balaban J connectivity index is 1.67. The van der Waals surface area contributed by atoms with E-state index in [1.165, 1.54) is 40.1 Å². The molecule has 1 aliphatic rings. The van der Waals surface area contributed by atoms with Gasteiger partial charge in [0.25, 0.3) is 11.5 Å². The number of nitro benzene ring substituents is 1. The number of carbonyl (C=O) groups excluding carboxylic acids is 1. The van der Waals surface area contributed by atoms with Crippen molar-refractivity contribution in [1.82, 2.24) is 18.9 Å². The van der Waals surface area contributed by atoms with E-state index in [1.54, 1.807) is 34.6 Å². The number of para-hydroxylation sites is 1. The number of sulfonamides is 1. The van der Waals surface area contributed by atoms with Crippen molar-refractivity contribution in [2.45, 2.75) is 57.1 Å². The molecule has 0 saturated carbocycles. The van der Waals surface area contributed by atoms with Gasteiger partial charge in [0.1, 0.15) is 23.1 Å². The average Bonchev–Trinajstić information content (AvgIpc) is 3.60. The van der Waals surface area contributed by atoms with Gasteiger partial charge in [-0.2, -0.15) is 19.1 Å². The standard InChI is InChI=1S/C31H33N7O6S/c1-20-22(18-32)27-33-26(29(39)44-30(2,3)4)34-37(27)28(25(20)21-12-8-7-9-13-21)36-17-16-31(5,19-36)35(6)45(42,43)24-15-11-10-14-23(24)38(40)41/h7-15H,16-17,19H2,1-6H3/t31-/m0/s1. The minimum Gasteiger partial charge on any atom is -0.454 e. The molecule has 0 spiro atoms. The van der Waals surface area contributed by atoms with Gasteiger partial charge in [-0.05, 0) is 58.2 Å². The summed E-state index contributed by atoms with van der Waals surface area (Å²) in [7, 11) is -2.86. The Bertz CT molecular complexity index is 1980. The molecule has 0 N–H and O–H groups in total. The van der Waals surface area contributed by atoms with Crippen molar-refractivity contribution < 1.29 is 22.9 Å². The zero-order valence-corrected chi connectivity index (χ0v) is 26.6. The van der Waals surface area contributed by atoms with Crippen LogP contribution in [0.3, 0.4) is 0 Å². The number of hydrogen-bond donors (Lipinski definition) is 0. The van der Waals surface area contributed by atoms with Crippen LogP contribution in [0.5, 0.6) is 0 Å². The van der Waals surface area contributed by atoms with E-state index < -0.39 is 42.6 Å². The van der Waals surface area contributed by atoms with Gasteiger partial charge in [0, 0.05) is 31.8 Å². The molecule has 13 nitrogen and oxygen atoms in total. The number of nitro groups is 1. The molecule has 0 aliphatic carbocycles. The zero-order chi connectivity index (χ0) is 32.9. The van der Waals surface area contributed by atoms with E-state index in [-0.39, 0.29) is 23.6 Å². The van der Waals surface area contributed by atoms with Crippen molar-refractivity contribution in [3.05, 3.63) is 81.7 Å². The number of aromatic nitrogens is 3. The Morgan fingerprint density at radius 2 is 1.80 bits per heavy atom. The Morgan fingerprint density at radius 3 is 2.42 bits per heavy atom. The Labute approximate surface area is 260 Å². The predicted molar refractivity (Wildman–Crippen MR) is 166 cm³/mol. The van der Waals surface area contributed by atoms with E-state index >= 15 is 0 Å². The quantitative estimate of drug-likeness (QED) is 0.158. The largest absolute Gasteiger partial charge is 0.454 e. The van der Waals surface area contributed by atoms with Gasteiger partial charge < -0.3 is 9.64 Å². The van der Waals surface area contributed by atoms with Gasteiger partial charge in [-0.3, -0.25) is 10.1 Å². The summed E-state index contributed by atoms with van der Waals surface area (Å²) in [4.78, 5) is 30.0. The first kappa shape index (κ1) is 31.6. The van der Waals surface area contributed by atoms with Crippen molar-refractivity contribution in [2.24, 2.45) is 0 Å². The number of nitriles is 1. The topological polar surface area (TPSA) is 164 Å². The minimum absolute atomic E-state index is 0.167. The zero-order valence-electron chi connectivity index (χ0n) is 25.8. The van der Waals surface area contributed by atoms with Crippen LogP contribution in [0.4, 0.5) is 11.5 Å². The second-order valence-corrected chi connectivity index (χ2v) is 14.2. The monoisotopic (exact) mass is 631 g/mol. The lowest BCUT2D eigenvalue weighted by Crippen LogP contribution is -2.49. The number of carbonyl (C=O) groups is 1. The molecule has 14 heteroatoms. The number of likely N-dealkylation sites (N-methyl/N-ethyl adjacent to an activating group) is 1. The van der Waals surface area contributed by atoms with Crippen LogP contribution >= 0.6 is 0 Å². The molecule has 234 valence electrons. The summed E-state index contributed by atoms with van der Waals surface area (Å²) in [6, 6.07) is 16.9. The van der Waals surface area contributed by atoms with Gasteiger partial charge in [0.05, 0.1) is 10.5 Å². The van der Waals surface area contributed by atoms with Crippen LogP contribution in [0, 0.1) is 28.4 Å². The van der Waals surface area contributed by atoms with Crippen LogP contribution in [-0.2, 0) is 14.8 Å². The molecule has 0 radical (unpaired) electrons. The van der Waals surface area contributed by atoms with Gasteiger partial charge in [0.15, 0.2) is 10.5 Å². The number of rotatable bonds is 7. The summed E-state index contributed by atoms with van der Waals surface area (Å²) in [5, 5.41) is 26.4. The third-order valence-electron chi connectivity index (χ3n) is 7.97. The molecule has 2 aromatic carbocycles. The molecule has 4 aromatic rings. The third kappa shape index (κ3) is 5.60. The fourth-order valence-corrected chi connectivity index (χ4v) is 7.30. The molecule has 45 heavy (non-hydrogen) atoms. The lowest BCUT2D eigenvalue weighted by atomic mass is 9.97. The van der Waals surface area contributed by atoms with Gasteiger partial charge in [-0.25, -0.2) is 13.2 Å². The van der Waals surface area contributed by atoms with Gasteiger partial charge in [-0.15, -0.1) is 5.10 Å². The first-order valence-corrected chi connectivity index (χ1v) is 15.6. The molecule has 5 rings (SSSR count). The Hall–Kier alpha value is -4.87. The highest BCUT2D eigenvalue weighted by atomic mass is 32.2. The van der Waals surface area contributed by atoms with Crippen molar-refractivity contribution >= 4 is 33.1 Å². The van der Waals surface area contributed by atoms with E-state index in [1.807, 2.05) is 35.2 Å². The summed E-state index contributed by atoms with van der Waals surface area (Å²) in [5.41, 5.74) is 0.166. The van der Waals surface area contributed by atoms with Gasteiger partial charge >= 0.3 is 5.97 Å². The number of ether oxygens (including phenoxy) is 1. The average molecular weight is 632 g/mol. The number of nitrogens with zero attached hydrogens (tertiary/aromatic N) is 7. The maximum Gasteiger partial charge on any atom is 0.378 e. The smallest absolute Gasteiger partial charge is 0.378 e. The predicted octanol–water partition coefficient (Wildman–Crippen LogP) is 4.73. The number of esters is 1. The molecular formula is C31H33N7O6S. The molecule has 0 bridgehead atoms. The van der Waals surface area contributed by atoms with Crippen LogP contribution in [0.2, 0.25) is 0 Å². The first-order valence-electron chi connectivity index (χ1n) is 14.2. The summed E-state index contributed by atoms with van der Waals surface area (Å²) < 4.78 is 35.8. The highest BCUT2D eigenvalue weighted by molar-refractivity contribution is 7.89.